The van der Waals surface area contributed by atoms with Crippen LogP contribution in [0.15, 0.2) is 46.2 Å². The number of likely N-dealkylation sites (N-methyl/N-ethyl adjacent to an activating group) is 2. The molecule has 6 rings (SSSR count). The van der Waals surface area contributed by atoms with E-state index in [1.807, 2.05) is 47.8 Å². The summed E-state index contributed by atoms with van der Waals surface area (Å²) in [6.45, 7) is 5.89. The van der Waals surface area contributed by atoms with Crippen molar-refractivity contribution in [2.24, 2.45) is 0 Å². The van der Waals surface area contributed by atoms with Crippen LogP contribution < -0.4 is 29.9 Å². The maximum Gasteiger partial charge on any atom is 0.323 e. The number of nitrogens with zero attached hydrogens (tertiary/aromatic N) is 10. The van der Waals surface area contributed by atoms with Crippen molar-refractivity contribution in [1.82, 2.24) is 39.7 Å². The van der Waals surface area contributed by atoms with E-state index in [1.54, 1.807) is 0 Å². The highest BCUT2D eigenvalue weighted by molar-refractivity contribution is 7.86. The minimum Gasteiger partial charge on any atom is -0.462 e. The van der Waals surface area contributed by atoms with Gasteiger partial charge < -0.3 is 49.2 Å². The van der Waals surface area contributed by atoms with Gasteiger partial charge in [-0.05, 0) is 63.6 Å². The third-order valence-corrected chi connectivity index (χ3v) is 10.7. The van der Waals surface area contributed by atoms with Crippen molar-refractivity contribution in [3.8, 4) is 12.0 Å². The quantitative estimate of drug-likeness (QED) is 0.0820. The van der Waals surface area contributed by atoms with Crippen molar-refractivity contribution in [1.29, 1.82) is 0 Å². The molecule has 4 N–H and O–H groups in total. The first-order chi connectivity index (χ1) is 28.6. The van der Waals surface area contributed by atoms with Gasteiger partial charge in [0.1, 0.15) is 23.0 Å². The molecule has 22 nitrogen and oxygen atoms in total. The van der Waals surface area contributed by atoms with Gasteiger partial charge in [0.2, 0.25) is 23.8 Å². The van der Waals surface area contributed by atoms with Gasteiger partial charge in [-0.1, -0.05) is 24.3 Å². The smallest absolute Gasteiger partial charge is 0.323 e. The first-order valence-corrected chi connectivity index (χ1v) is 21.7. The molecular formula is C36H48N12O10S2. The van der Waals surface area contributed by atoms with Crippen molar-refractivity contribution < 1.29 is 44.9 Å². The highest BCUT2D eigenvalue weighted by atomic mass is 32.2. The largest absolute Gasteiger partial charge is 0.462 e. The van der Waals surface area contributed by atoms with Crippen LogP contribution in [0.4, 0.5) is 35.2 Å². The normalized spacial score (nSPS) is 15.2. The Hall–Kier alpha value is -5.34. The number of benzene rings is 2. The Balaban J connectivity index is 1.26. The minimum atomic E-state index is -4.83. The number of morpholine rings is 2. The second-order valence-electron chi connectivity index (χ2n) is 14.0. The van der Waals surface area contributed by atoms with E-state index in [2.05, 4.69) is 40.5 Å². The lowest BCUT2D eigenvalue weighted by molar-refractivity contribution is 0.121. The second kappa shape index (κ2) is 19.8. The van der Waals surface area contributed by atoms with E-state index in [9.17, 15) is 25.9 Å². The lowest BCUT2D eigenvalue weighted by Gasteiger charge is -2.27. The molecule has 2 aliphatic rings. The van der Waals surface area contributed by atoms with Crippen molar-refractivity contribution in [3.05, 3.63) is 47.5 Å². The molecule has 324 valence electrons. The van der Waals surface area contributed by atoms with Crippen molar-refractivity contribution in [2.75, 3.05) is 128 Å². The SMILES string of the molecule is CN(C)CCOc1nc(Nc2ccc(/C=C/c3ccc(Nc4nc(OCCN(C)C)nc(N5CCOCC5)n4)cc3S(=O)(=O)O)c(S(=O)(=O)O)c2)nc(N2CCOCC2)n1. The standard InChI is InChI=1S/C36H48N12O10S2/c1-45(2)11-21-57-35-41-31(39-33(43-35)47-13-17-55-18-14-47)37-27-9-7-25(29(23-27)59(49,50)51)5-6-26-8-10-28(24-30(26)60(52,53)54)38-32-40-34(48-15-19-56-20-16-48)44-36(42-32)58-22-12-46(3)4/h5-10,23-24H,11-22H2,1-4H3,(H,49,50,51)(H,52,53,54)(H,37,39,41,43)(H,38,40,42,44)/b6-5+. The number of hydrogen-bond donors (Lipinski definition) is 4. The molecule has 0 bridgehead atoms. The Bertz CT molecular complexity index is 2200. The monoisotopic (exact) mass is 872 g/mol. The molecule has 0 aliphatic carbocycles. The molecule has 0 radical (unpaired) electrons. The summed E-state index contributed by atoms with van der Waals surface area (Å²) < 4.78 is 93.7. The lowest BCUT2D eigenvalue weighted by Crippen LogP contribution is -2.37. The van der Waals surface area contributed by atoms with Gasteiger partial charge in [0.25, 0.3) is 20.2 Å². The second-order valence-corrected chi connectivity index (χ2v) is 16.8. The highest BCUT2D eigenvalue weighted by Crippen LogP contribution is 2.29. The zero-order valence-corrected chi connectivity index (χ0v) is 35.2. The zero-order valence-electron chi connectivity index (χ0n) is 33.6. The lowest BCUT2D eigenvalue weighted by atomic mass is 10.1. The van der Waals surface area contributed by atoms with Gasteiger partial charge in [0.15, 0.2) is 0 Å². The highest BCUT2D eigenvalue weighted by Gasteiger charge is 2.22. The van der Waals surface area contributed by atoms with Gasteiger partial charge in [-0.25, -0.2) is 0 Å². The first kappa shape index (κ1) is 44.2. The van der Waals surface area contributed by atoms with E-state index in [0.29, 0.717) is 90.8 Å². The van der Waals surface area contributed by atoms with Crippen LogP contribution >= 0.6 is 0 Å². The molecule has 2 fully saturated rings. The van der Waals surface area contributed by atoms with Crippen LogP contribution in [-0.4, -0.2) is 173 Å². The van der Waals surface area contributed by atoms with Crippen LogP contribution in [0.25, 0.3) is 12.2 Å². The molecule has 2 aromatic carbocycles. The van der Waals surface area contributed by atoms with Crippen LogP contribution in [0, 0.1) is 0 Å². The van der Waals surface area contributed by atoms with E-state index >= 15 is 0 Å². The van der Waals surface area contributed by atoms with E-state index < -0.39 is 30.0 Å². The first-order valence-electron chi connectivity index (χ1n) is 18.8. The number of aromatic nitrogens is 6. The van der Waals surface area contributed by atoms with Crippen LogP contribution in [0.3, 0.4) is 0 Å². The third-order valence-electron chi connectivity index (χ3n) is 8.87. The molecule has 60 heavy (non-hydrogen) atoms. The number of rotatable bonds is 18. The van der Waals surface area contributed by atoms with Crippen molar-refractivity contribution in [3.63, 3.8) is 0 Å². The average molecular weight is 873 g/mol. The van der Waals surface area contributed by atoms with Crippen molar-refractivity contribution >= 4 is 67.6 Å². The number of hydrogen-bond acceptors (Lipinski definition) is 20. The molecule has 2 aromatic heterocycles. The van der Waals surface area contributed by atoms with Crippen molar-refractivity contribution in [2.45, 2.75) is 9.79 Å². The van der Waals surface area contributed by atoms with Crippen LogP contribution in [0.5, 0.6) is 12.0 Å². The predicted molar refractivity (Wildman–Crippen MR) is 222 cm³/mol. The Morgan fingerprint density at radius 2 is 1.02 bits per heavy atom. The van der Waals surface area contributed by atoms with Gasteiger partial charge in [-0.2, -0.15) is 46.7 Å². The summed E-state index contributed by atoms with van der Waals surface area (Å²) in [6.07, 6.45) is 2.58. The van der Waals surface area contributed by atoms with E-state index in [1.165, 1.54) is 48.6 Å². The van der Waals surface area contributed by atoms with Gasteiger partial charge in [-0.15, -0.1) is 0 Å². The maximum absolute atomic E-state index is 12.7. The summed E-state index contributed by atoms with van der Waals surface area (Å²) in [5.74, 6) is 0.790. The number of ether oxygens (including phenoxy) is 4. The molecule has 24 heteroatoms. The molecule has 0 spiro atoms. The van der Waals surface area contributed by atoms with E-state index in [-0.39, 0.29) is 46.4 Å². The summed E-state index contributed by atoms with van der Waals surface area (Å²) >= 11 is 0. The molecular weight excluding hydrogens is 825 g/mol. The average Bonchev–Trinajstić information content (AvgIpc) is 3.20. The Morgan fingerprint density at radius 3 is 1.37 bits per heavy atom. The Labute approximate surface area is 348 Å². The fourth-order valence-electron chi connectivity index (χ4n) is 5.77. The van der Waals surface area contributed by atoms with E-state index in [0.717, 1.165) is 0 Å². The topological polar surface area (TPSA) is 260 Å². The molecule has 0 amide bonds. The summed E-state index contributed by atoms with van der Waals surface area (Å²) in [5.41, 5.74) is 0.417. The minimum absolute atomic E-state index is 0.00604. The Kier molecular flexibility index (Phi) is 14.6. The Morgan fingerprint density at radius 1 is 0.633 bits per heavy atom. The van der Waals surface area contributed by atoms with Crippen LogP contribution in [-0.2, 0) is 29.7 Å². The fraction of sp³-hybridized carbons (Fsp3) is 0.444. The van der Waals surface area contributed by atoms with Crippen LogP contribution in [0.2, 0.25) is 0 Å². The molecule has 2 saturated heterocycles. The van der Waals surface area contributed by atoms with Gasteiger partial charge in [0.05, 0.1) is 26.4 Å². The maximum atomic E-state index is 12.7. The molecule has 0 atom stereocenters. The van der Waals surface area contributed by atoms with Gasteiger partial charge >= 0.3 is 12.0 Å². The summed E-state index contributed by atoms with van der Waals surface area (Å²) in [4.78, 5) is 33.3. The van der Waals surface area contributed by atoms with Gasteiger partial charge in [0, 0.05) is 50.6 Å². The molecule has 0 saturated carbocycles. The number of nitrogens with one attached hydrogen (secondary N) is 2. The predicted octanol–water partition coefficient (Wildman–Crippen LogP) is 1.76. The molecule has 4 heterocycles. The zero-order chi connectivity index (χ0) is 42.9. The molecule has 0 unspecified atom stereocenters. The summed E-state index contributed by atoms with van der Waals surface area (Å²) in [5, 5.41) is 5.94. The fourth-order valence-corrected chi connectivity index (χ4v) is 7.19. The molecule has 2 aliphatic heterocycles. The van der Waals surface area contributed by atoms with Gasteiger partial charge in [-0.3, -0.25) is 9.11 Å². The van der Waals surface area contributed by atoms with E-state index in [4.69, 9.17) is 18.9 Å². The molecule has 4 aromatic rings. The van der Waals surface area contributed by atoms with Crippen LogP contribution in [0.1, 0.15) is 11.1 Å². The number of anilines is 6. The summed E-state index contributed by atoms with van der Waals surface area (Å²) in [6, 6.07) is 8.30. The summed E-state index contributed by atoms with van der Waals surface area (Å²) in [7, 11) is -2.05. The third kappa shape index (κ3) is 12.6.